The Bertz CT molecular complexity index is 634. The molecule has 0 aromatic heterocycles. The van der Waals surface area contributed by atoms with Crippen LogP contribution in [0.4, 0.5) is 0 Å². The van der Waals surface area contributed by atoms with Gasteiger partial charge in [0.2, 0.25) is 5.91 Å². The van der Waals surface area contributed by atoms with Crippen LogP contribution in [-0.4, -0.2) is 43.1 Å². The SMILES string of the molecule is [2H][Si]([B])(OC[C@H](CCC(CCCCCCCCC)NC(=O)CCCCCCCCCCCCC)N=[N+]=[N-])P[3H]. The minimum Gasteiger partial charge on any atom is -0.425 e. The fraction of sp³-hybridized carbons (Fsp3) is 0.964. The molecule has 37 heavy (non-hydrogen) atoms. The van der Waals surface area contributed by atoms with Gasteiger partial charge in [-0.15, -0.1) is 8.73 Å². The maximum atomic E-state index is 12.7. The molecule has 4 atom stereocenters. The van der Waals surface area contributed by atoms with Gasteiger partial charge < -0.3 is 9.74 Å². The third kappa shape index (κ3) is 26.8. The van der Waals surface area contributed by atoms with E-state index >= 15 is 0 Å². The third-order valence-electron chi connectivity index (χ3n) is 7.02. The van der Waals surface area contributed by atoms with E-state index in [2.05, 4.69) is 29.2 Å². The van der Waals surface area contributed by atoms with Crippen LogP contribution in [0.5, 0.6) is 0 Å². The van der Waals surface area contributed by atoms with Crippen molar-refractivity contribution < 1.29 is 9.22 Å². The first-order chi connectivity index (χ1) is 18.9. The summed E-state index contributed by atoms with van der Waals surface area (Å²) in [6.07, 6.45) is 25.3. The molecule has 0 saturated heterocycles. The van der Waals surface area contributed by atoms with Crippen LogP contribution in [-0.2, 0) is 9.22 Å². The maximum absolute atomic E-state index is 12.7. The Labute approximate surface area is 236 Å². The average molecular weight is 556 g/mol. The minimum absolute atomic E-state index is 0.0474. The van der Waals surface area contributed by atoms with E-state index in [0.717, 1.165) is 25.7 Å². The van der Waals surface area contributed by atoms with Crippen molar-refractivity contribution in [3.8, 4) is 0 Å². The van der Waals surface area contributed by atoms with Crippen LogP contribution < -0.4 is 5.32 Å². The normalized spacial score (nSPS) is 15.5. The van der Waals surface area contributed by atoms with E-state index in [-0.39, 0.29) is 18.6 Å². The van der Waals surface area contributed by atoms with Crippen molar-refractivity contribution in [2.24, 2.45) is 5.11 Å². The van der Waals surface area contributed by atoms with Crippen molar-refractivity contribution >= 4 is 30.6 Å². The van der Waals surface area contributed by atoms with Crippen molar-refractivity contribution in [3.63, 3.8) is 0 Å². The van der Waals surface area contributed by atoms with Crippen molar-refractivity contribution in [2.75, 3.05) is 6.61 Å². The average Bonchev–Trinajstić information content (AvgIpc) is 2.92. The van der Waals surface area contributed by atoms with Crippen molar-refractivity contribution in [2.45, 2.75) is 167 Å². The van der Waals surface area contributed by atoms with Gasteiger partial charge in [-0.3, -0.25) is 4.79 Å². The van der Waals surface area contributed by atoms with E-state index in [0.29, 0.717) is 19.3 Å². The van der Waals surface area contributed by atoms with Crippen LogP contribution in [0, 0.1) is 0 Å². The van der Waals surface area contributed by atoms with Gasteiger partial charge in [0.25, 0.3) is 0 Å². The zero-order chi connectivity index (χ0) is 29.0. The van der Waals surface area contributed by atoms with Crippen LogP contribution >= 0.6 is 8.73 Å². The first kappa shape index (κ1) is 32.7. The summed E-state index contributed by atoms with van der Waals surface area (Å²) in [5.41, 5.74) is 8.96. The molecule has 0 aliphatic rings. The molecule has 0 aromatic rings. The van der Waals surface area contributed by atoms with Crippen molar-refractivity contribution in [1.29, 1.82) is 2.51 Å². The first-order valence-corrected chi connectivity index (χ1v) is 18.3. The molecule has 0 heterocycles. The molecule has 3 unspecified atom stereocenters. The second-order valence-corrected chi connectivity index (χ2v) is 13.1. The number of unbranched alkanes of at least 4 members (excludes halogenated alkanes) is 16. The zero-order valence-electron chi connectivity index (χ0n) is 26.2. The first-order valence-electron chi connectivity index (χ1n) is 16.3. The predicted molar refractivity (Wildman–Crippen MR) is 166 cm³/mol. The largest absolute Gasteiger partial charge is 0.425 e. The number of amides is 1. The monoisotopic (exact) mass is 555 g/mol. The molecular formula is C28H58BN4O2PSi. The van der Waals surface area contributed by atoms with Crippen molar-refractivity contribution in [3.05, 3.63) is 10.4 Å². The summed E-state index contributed by atoms with van der Waals surface area (Å²) in [4.78, 5) is 15.6. The summed E-state index contributed by atoms with van der Waals surface area (Å²) < 4.78 is 20.7. The molecule has 6 nitrogen and oxygen atoms in total. The lowest BCUT2D eigenvalue weighted by atomic mass is 9.99. The molecule has 0 saturated carbocycles. The Morgan fingerprint density at radius 3 is 1.97 bits per heavy atom. The van der Waals surface area contributed by atoms with E-state index in [1.165, 1.54) is 96.3 Å². The lowest BCUT2D eigenvalue weighted by Crippen LogP contribution is -2.35. The minimum atomic E-state index is -3.24. The molecule has 0 aliphatic heterocycles. The topological polar surface area (TPSA) is 87.1 Å². The molecule has 0 rings (SSSR count). The Morgan fingerprint density at radius 1 is 0.946 bits per heavy atom. The number of hydrogen-bond donors (Lipinski definition) is 1. The van der Waals surface area contributed by atoms with Crippen LogP contribution in [0.3, 0.4) is 0 Å². The van der Waals surface area contributed by atoms with E-state index in [1.807, 2.05) is 0 Å². The molecule has 1 amide bonds. The molecule has 214 valence electrons. The highest BCUT2D eigenvalue weighted by molar-refractivity contribution is 7.70. The van der Waals surface area contributed by atoms with Gasteiger partial charge >= 0.3 is 0 Å². The highest BCUT2D eigenvalue weighted by atomic mass is 31.3. The van der Waals surface area contributed by atoms with Gasteiger partial charge in [0, 0.05) is 25.2 Å². The van der Waals surface area contributed by atoms with E-state index < -0.39 is 23.3 Å². The number of carbonyl (C=O) groups is 1. The standard InChI is InChI=1S/C28H58BN4O2PSi/c1-3-5-7-9-11-12-13-14-16-18-20-22-28(34)31-26(21-19-17-15-10-8-6-4-2)23-24-27(32-33-30)25-35-37(29)36/h26-27,37H,3-25,36H2,1-2H3,(H,31,34)/t26?,27-,37?/m0/s1/i36T,37D/t26?,27-,36?,37?. The molecular weight excluding hydrogens is 494 g/mol. The number of azide groups is 1. The second kappa shape index (κ2) is 28.5. The second-order valence-electron chi connectivity index (χ2n) is 10.6. The number of hydrogen-bond acceptors (Lipinski definition) is 3. The Balaban J connectivity index is 4.45. The predicted octanol–water partition coefficient (Wildman–Crippen LogP) is 8.55. The van der Waals surface area contributed by atoms with Gasteiger partial charge in [0.1, 0.15) is 8.51 Å². The molecule has 0 aliphatic carbocycles. The molecule has 0 spiro atoms. The summed E-state index contributed by atoms with van der Waals surface area (Å²) in [7, 11) is 2.00. The highest BCUT2D eigenvalue weighted by Gasteiger charge is 2.16. The smallest absolute Gasteiger partial charge is 0.220 e. The fourth-order valence-corrected chi connectivity index (χ4v) is 5.34. The maximum Gasteiger partial charge on any atom is 0.220 e. The Morgan fingerprint density at radius 2 is 1.46 bits per heavy atom. The number of carbonyl (C=O) groups excluding carboxylic acids is 1. The summed E-state index contributed by atoms with van der Waals surface area (Å²) in [5, 5.41) is 7.08. The van der Waals surface area contributed by atoms with Crippen LogP contribution in [0.1, 0.15) is 155 Å². The molecule has 0 fully saturated rings. The van der Waals surface area contributed by atoms with Gasteiger partial charge in [-0.05, 0) is 31.2 Å². The van der Waals surface area contributed by atoms with Crippen LogP contribution in [0.15, 0.2) is 5.11 Å². The van der Waals surface area contributed by atoms with Crippen LogP contribution in [0.25, 0.3) is 10.4 Å². The fourth-order valence-electron chi connectivity index (χ4n) is 4.71. The van der Waals surface area contributed by atoms with E-state index in [1.54, 1.807) is 0 Å². The molecule has 9 heteroatoms. The summed E-state index contributed by atoms with van der Waals surface area (Å²) in [5.74, 6) is 0.116. The summed E-state index contributed by atoms with van der Waals surface area (Å²) in [6.45, 7) is 4.55. The Hall–Kier alpha value is -0.548. The number of rotatable bonds is 29. The van der Waals surface area contributed by atoms with Gasteiger partial charge in [0.15, 0.2) is 0 Å². The van der Waals surface area contributed by atoms with Gasteiger partial charge in [-0.2, -0.15) is 0 Å². The zero-order valence-corrected chi connectivity index (χ0v) is 26.2. The highest BCUT2D eigenvalue weighted by Crippen LogP contribution is 2.16. The summed E-state index contributed by atoms with van der Waals surface area (Å²) >= 11 is 0. The molecule has 2 radical (unpaired) electrons. The molecule has 1 N–H and O–H groups in total. The van der Waals surface area contributed by atoms with E-state index in [4.69, 9.17) is 19.9 Å². The van der Waals surface area contributed by atoms with Gasteiger partial charge in [-0.25, -0.2) is 0 Å². The Kier molecular flexibility index (Phi) is 25.1. The number of nitrogens with one attached hydrogen (secondary N) is 1. The lowest BCUT2D eigenvalue weighted by molar-refractivity contribution is -0.122. The number of nitrogens with zero attached hydrogens (tertiary/aromatic N) is 3. The summed E-state index contributed by atoms with van der Waals surface area (Å²) in [6, 6.07) is -0.390. The van der Waals surface area contributed by atoms with Gasteiger partial charge in [-0.1, -0.05) is 128 Å². The van der Waals surface area contributed by atoms with Crippen LogP contribution in [0.2, 0.25) is 0 Å². The lowest BCUT2D eigenvalue weighted by Gasteiger charge is -2.21. The van der Waals surface area contributed by atoms with Gasteiger partial charge in [0.05, 0.1) is 14.8 Å². The molecule has 0 bridgehead atoms. The van der Waals surface area contributed by atoms with E-state index in [9.17, 15) is 4.79 Å². The van der Waals surface area contributed by atoms with Crippen molar-refractivity contribution in [1.82, 2.24) is 5.32 Å². The third-order valence-corrected chi connectivity index (χ3v) is 7.93. The molecule has 0 aromatic carbocycles. The quantitative estimate of drug-likeness (QED) is 0.0250.